The van der Waals surface area contributed by atoms with Crippen LogP contribution in [0.1, 0.15) is 33.6 Å². The first-order chi connectivity index (χ1) is 14.7. The van der Waals surface area contributed by atoms with Gasteiger partial charge in [0.15, 0.2) is 5.82 Å². The van der Waals surface area contributed by atoms with Crippen molar-refractivity contribution in [1.29, 1.82) is 0 Å². The van der Waals surface area contributed by atoms with Gasteiger partial charge in [-0.25, -0.2) is 4.98 Å². The highest BCUT2D eigenvalue weighted by Crippen LogP contribution is 2.30. The molecule has 1 aliphatic carbocycles. The first-order valence-electron chi connectivity index (χ1n) is 10.0. The van der Waals surface area contributed by atoms with E-state index in [2.05, 4.69) is 26.7 Å². The number of rotatable bonds is 4. The lowest BCUT2D eigenvalue weighted by atomic mass is 10.1. The van der Waals surface area contributed by atoms with Gasteiger partial charge in [0.2, 0.25) is 5.91 Å². The molecule has 150 valence electrons. The Balaban J connectivity index is 1.40. The van der Waals surface area contributed by atoms with Gasteiger partial charge in [0.05, 0.1) is 30.0 Å². The van der Waals surface area contributed by atoms with Crippen molar-refractivity contribution < 1.29 is 9.59 Å². The van der Waals surface area contributed by atoms with E-state index in [1.54, 1.807) is 17.2 Å². The highest BCUT2D eigenvalue weighted by atomic mass is 16.2. The molecule has 2 aromatic heterocycles. The van der Waals surface area contributed by atoms with E-state index in [1.807, 2.05) is 30.3 Å². The molecule has 1 aliphatic heterocycles. The predicted molar refractivity (Wildman–Crippen MR) is 115 cm³/mol. The molecule has 7 nitrogen and oxygen atoms in total. The molecular formula is C23H21N5O2. The predicted octanol–water partition coefficient (Wildman–Crippen LogP) is 3.18. The smallest absolute Gasteiger partial charge is 0.257 e. The number of carbonyl (C=O) groups is 2. The van der Waals surface area contributed by atoms with Crippen LogP contribution in [-0.4, -0.2) is 28.3 Å². The minimum Gasteiger partial charge on any atom is -0.359 e. The zero-order chi connectivity index (χ0) is 20.5. The fourth-order valence-electron chi connectivity index (χ4n) is 3.99. The summed E-state index contributed by atoms with van der Waals surface area (Å²) in [5, 5.41) is 5.97. The lowest BCUT2D eigenvalue weighted by Crippen LogP contribution is -2.40. The molecule has 0 unspecified atom stereocenters. The number of aryl methyl sites for hydroxylation is 2. The molecule has 3 aromatic rings. The summed E-state index contributed by atoms with van der Waals surface area (Å²) < 4.78 is 0. The summed E-state index contributed by atoms with van der Waals surface area (Å²) in [5.74, 6) is 0.241. The Labute approximate surface area is 174 Å². The average Bonchev–Trinajstić information content (AvgIpc) is 3.24. The highest BCUT2D eigenvalue weighted by Gasteiger charge is 2.26. The Morgan fingerprint density at radius 2 is 2.00 bits per heavy atom. The van der Waals surface area contributed by atoms with Crippen molar-refractivity contribution in [2.24, 2.45) is 0 Å². The van der Waals surface area contributed by atoms with Crippen LogP contribution < -0.4 is 15.5 Å². The Hall–Kier alpha value is -3.74. The molecule has 30 heavy (non-hydrogen) atoms. The standard InChI is InChI=1S/C23H21N5O2/c29-21-13-26-22-20(28(21)14-19-6-1-2-9-24-19)11-17(12-25-22)23(30)27-18-8-7-15-4-3-5-16(15)10-18/h1-2,6-12H,3-5,13-14H2,(H,25,26)(H,27,30). The SMILES string of the molecule is O=C(Nc1ccc2c(c1)CCC2)c1cnc2c(c1)N(Cc1ccccn1)C(=O)CN2. The van der Waals surface area contributed by atoms with Gasteiger partial charge in [-0.1, -0.05) is 12.1 Å². The van der Waals surface area contributed by atoms with E-state index in [0.29, 0.717) is 23.6 Å². The molecule has 0 radical (unpaired) electrons. The summed E-state index contributed by atoms with van der Waals surface area (Å²) in [6.07, 6.45) is 6.54. The Morgan fingerprint density at radius 1 is 1.10 bits per heavy atom. The molecule has 5 rings (SSSR count). The number of carbonyl (C=O) groups excluding carboxylic acids is 2. The highest BCUT2D eigenvalue weighted by molar-refractivity contribution is 6.07. The summed E-state index contributed by atoms with van der Waals surface area (Å²) in [6.45, 7) is 0.486. The Bertz CT molecular complexity index is 1130. The van der Waals surface area contributed by atoms with Gasteiger partial charge in [-0.2, -0.15) is 0 Å². The number of nitrogens with zero attached hydrogens (tertiary/aromatic N) is 3. The summed E-state index contributed by atoms with van der Waals surface area (Å²) >= 11 is 0. The Morgan fingerprint density at radius 3 is 2.87 bits per heavy atom. The van der Waals surface area contributed by atoms with Gasteiger partial charge in [-0.05, 0) is 60.7 Å². The van der Waals surface area contributed by atoms with E-state index >= 15 is 0 Å². The summed E-state index contributed by atoms with van der Waals surface area (Å²) in [7, 11) is 0. The van der Waals surface area contributed by atoms with E-state index in [9.17, 15) is 9.59 Å². The van der Waals surface area contributed by atoms with Crippen molar-refractivity contribution in [2.45, 2.75) is 25.8 Å². The van der Waals surface area contributed by atoms with Gasteiger partial charge in [-0.15, -0.1) is 0 Å². The number of anilines is 3. The van der Waals surface area contributed by atoms with Crippen LogP contribution in [0, 0.1) is 0 Å². The Kier molecular flexibility index (Phi) is 4.63. The van der Waals surface area contributed by atoms with Crippen LogP contribution >= 0.6 is 0 Å². The lowest BCUT2D eigenvalue weighted by molar-refractivity contribution is -0.117. The number of pyridine rings is 2. The molecule has 7 heteroatoms. The maximum atomic E-state index is 12.9. The molecule has 0 saturated carbocycles. The van der Waals surface area contributed by atoms with Crippen molar-refractivity contribution in [1.82, 2.24) is 9.97 Å². The molecule has 1 aromatic carbocycles. The number of benzene rings is 1. The first kappa shape index (κ1) is 18.3. The van der Waals surface area contributed by atoms with Gasteiger partial charge in [0.1, 0.15) is 0 Å². The summed E-state index contributed by atoms with van der Waals surface area (Å²) in [6, 6.07) is 13.4. The van der Waals surface area contributed by atoms with Gasteiger partial charge >= 0.3 is 0 Å². The molecule has 0 bridgehead atoms. The number of hydrogen-bond donors (Lipinski definition) is 2. The monoisotopic (exact) mass is 399 g/mol. The van der Waals surface area contributed by atoms with Gasteiger partial charge in [0, 0.05) is 18.1 Å². The fraction of sp³-hybridized carbons (Fsp3) is 0.217. The van der Waals surface area contributed by atoms with Crippen LogP contribution in [0.25, 0.3) is 0 Å². The van der Waals surface area contributed by atoms with Crippen LogP contribution in [0.15, 0.2) is 54.9 Å². The molecule has 2 aliphatic rings. The van der Waals surface area contributed by atoms with Gasteiger partial charge < -0.3 is 15.5 Å². The number of hydrogen-bond acceptors (Lipinski definition) is 5. The van der Waals surface area contributed by atoms with Gasteiger partial charge in [-0.3, -0.25) is 14.6 Å². The number of aromatic nitrogens is 2. The second-order valence-electron chi connectivity index (χ2n) is 7.54. The minimum absolute atomic E-state index is 0.0915. The normalized spacial score (nSPS) is 14.7. The zero-order valence-electron chi connectivity index (χ0n) is 16.4. The van der Waals surface area contributed by atoms with Crippen LogP contribution in [0.3, 0.4) is 0 Å². The lowest BCUT2D eigenvalue weighted by Gasteiger charge is -2.29. The molecular weight excluding hydrogens is 378 g/mol. The third-order valence-electron chi connectivity index (χ3n) is 5.53. The second kappa shape index (κ2) is 7.59. The van der Waals surface area contributed by atoms with E-state index in [-0.39, 0.29) is 18.4 Å². The van der Waals surface area contributed by atoms with E-state index in [0.717, 1.165) is 30.6 Å². The quantitative estimate of drug-likeness (QED) is 0.704. The topological polar surface area (TPSA) is 87.2 Å². The van der Waals surface area contributed by atoms with Gasteiger partial charge in [0.25, 0.3) is 5.91 Å². The van der Waals surface area contributed by atoms with Crippen LogP contribution in [0.4, 0.5) is 17.2 Å². The van der Waals surface area contributed by atoms with E-state index in [4.69, 9.17) is 0 Å². The van der Waals surface area contributed by atoms with E-state index in [1.165, 1.54) is 17.3 Å². The number of amides is 2. The third kappa shape index (κ3) is 3.50. The zero-order valence-corrected chi connectivity index (χ0v) is 16.4. The van der Waals surface area contributed by atoms with E-state index < -0.39 is 0 Å². The van der Waals surface area contributed by atoms with Crippen molar-refractivity contribution in [3.8, 4) is 0 Å². The van der Waals surface area contributed by atoms with Crippen molar-refractivity contribution in [3.05, 3.63) is 77.2 Å². The maximum absolute atomic E-state index is 12.9. The van der Waals surface area contributed by atoms with Crippen LogP contribution in [0.2, 0.25) is 0 Å². The molecule has 0 atom stereocenters. The second-order valence-corrected chi connectivity index (χ2v) is 7.54. The molecule has 0 spiro atoms. The summed E-state index contributed by atoms with van der Waals surface area (Å²) in [4.78, 5) is 35.7. The van der Waals surface area contributed by atoms with Crippen molar-refractivity contribution in [3.63, 3.8) is 0 Å². The largest absolute Gasteiger partial charge is 0.359 e. The van der Waals surface area contributed by atoms with Crippen LogP contribution in [-0.2, 0) is 24.2 Å². The first-order valence-corrected chi connectivity index (χ1v) is 10.0. The third-order valence-corrected chi connectivity index (χ3v) is 5.53. The number of fused-ring (bicyclic) bond motifs is 2. The average molecular weight is 399 g/mol. The maximum Gasteiger partial charge on any atom is 0.257 e. The molecule has 2 N–H and O–H groups in total. The van der Waals surface area contributed by atoms with Crippen molar-refractivity contribution >= 4 is 29.0 Å². The molecule has 2 amide bonds. The van der Waals surface area contributed by atoms with Crippen molar-refractivity contribution in [2.75, 3.05) is 22.1 Å². The fourth-order valence-corrected chi connectivity index (χ4v) is 3.99. The van der Waals surface area contributed by atoms with Crippen LogP contribution in [0.5, 0.6) is 0 Å². The number of nitrogens with one attached hydrogen (secondary N) is 2. The molecule has 3 heterocycles. The molecule has 0 fully saturated rings. The minimum atomic E-state index is -0.251. The summed E-state index contributed by atoms with van der Waals surface area (Å²) in [5.41, 5.74) is 5.19. The molecule has 0 saturated heterocycles.